The van der Waals surface area contributed by atoms with Gasteiger partial charge in [-0.05, 0) is 60.7 Å². The molecular formula is C22H26N2O2. The summed E-state index contributed by atoms with van der Waals surface area (Å²) >= 11 is 0. The van der Waals surface area contributed by atoms with Crippen LogP contribution in [0, 0.1) is 0 Å². The van der Waals surface area contributed by atoms with Crippen molar-refractivity contribution >= 4 is 23.2 Å². The zero-order chi connectivity index (χ0) is 18.5. The van der Waals surface area contributed by atoms with E-state index in [1.54, 1.807) is 11.9 Å². The molecular weight excluding hydrogens is 324 g/mol. The fourth-order valence-electron chi connectivity index (χ4n) is 3.50. The summed E-state index contributed by atoms with van der Waals surface area (Å²) in [5, 5.41) is 2.91. The molecule has 0 unspecified atom stereocenters. The van der Waals surface area contributed by atoms with E-state index in [1.807, 2.05) is 36.4 Å². The standard InChI is InChI=1S/C22H26N2O2/c1-16(25)24(2)21-14-12-20(13-15-21)23-22(26)19-10-8-18(9-11-19)17-6-4-3-5-7-17/h8-15,17H,3-7H2,1-2H3,(H,23,26). The lowest BCUT2D eigenvalue weighted by Gasteiger charge is -2.22. The van der Waals surface area contributed by atoms with Crippen LogP contribution in [0.5, 0.6) is 0 Å². The van der Waals surface area contributed by atoms with Gasteiger partial charge >= 0.3 is 0 Å². The Hall–Kier alpha value is -2.62. The van der Waals surface area contributed by atoms with E-state index >= 15 is 0 Å². The van der Waals surface area contributed by atoms with Gasteiger partial charge in [-0.3, -0.25) is 9.59 Å². The summed E-state index contributed by atoms with van der Waals surface area (Å²) in [7, 11) is 1.73. The smallest absolute Gasteiger partial charge is 0.255 e. The molecule has 0 saturated heterocycles. The number of hydrogen-bond acceptors (Lipinski definition) is 2. The molecule has 1 N–H and O–H groups in total. The Bertz CT molecular complexity index is 760. The fraction of sp³-hybridized carbons (Fsp3) is 0.364. The number of amides is 2. The van der Waals surface area contributed by atoms with E-state index < -0.39 is 0 Å². The molecule has 1 fully saturated rings. The minimum Gasteiger partial charge on any atom is -0.322 e. The Morgan fingerprint density at radius 1 is 0.923 bits per heavy atom. The lowest BCUT2D eigenvalue weighted by atomic mass is 9.84. The molecule has 4 nitrogen and oxygen atoms in total. The lowest BCUT2D eigenvalue weighted by Crippen LogP contribution is -2.22. The van der Waals surface area contributed by atoms with Crippen LogP contribution in [-0.2, 0) is 4.79 Å². The summed E-state index contributed by atoms with van der Waals surface area (Å²) in [5.74, 6) is 0.499. The van der Waals surface area contributed by atoms with Crippen LogP contribution in [0.3, 0.4) is 0 Å². The van der Waals surface area contributed by atoms with Crippen molar-refractivity contribution in [3.05, 3.63) is 59.7 Å². The Morgan fingerprint density at radius 2 is 1.54 bits per heavy atom. The van der Waals surface area contributed by atoms with E-state index in [0.29, 0.717) is 17.2 Å². The second kappa shape index (κ2) is 8.17. The van der Waals surface area contributed by atoms with Crippen molar-refractivity contribution in [1.82, 2.24) is 0 Å². The number of nitrogens with one attached hydrogen (secondary N) is 1. The highest BCUT2D eigenvalue weighted by Crippen LogP contribution is 2.32. The molecule has 1 aliphatic rings. The molecule has 0 aliphatic heterocycles. The number of nitrogens with zero attached hydrogens (tertiary/aromatic N) is 1. The summed E-state index contributed by atoms with van der Waals surface area (Å²) < 4.78 is 0. The molecule has 3 rings (SSSR count). The van der Waals surface area contributed by atoms with Gasteiger partial charge in [-0.15, -0.1) is 0 Å². The quantitative estimate of drug-likeness (QED) is 0.846. The van der Waals surface area contributed by atoms with E-state index in [4.69, 9.17) is 0 Å². The molecule has 26 heavy (non-hydrogen) atoms. The molecule has 2 aromatic rings. The van der Waals surface area contributed by atoms with Gasteiger partial charge in [-0.1, -0.05) is 31.4 Å². The zero-order valence-corrected chi connectivity index (χ0v) is 15.5. The number of carbonyl (C=O) groups is 2. The van der Waals surface area contributed by atoms with Crippen molar-refractivity contribution in [3.8, 4) is 0 Å². The first-order chi connectivity index (χ1) is 12.5. The maximum absolute atomic E-state index is 12.5. The van der Waals surface area contributed by atoms with E-state index in [-0.39, 0.29) is 11.8 Å². The minimum absolute atomic E-state index is 0.0279. The highest BCUT2D eigenvalue weighted by atomic mass is 16.2. The first kappa shape index (κ1) is 18.2. The van der Waals surface area contributed by atoms with Gasteiger partial charge < -0.3 is 10.2 Å². The molecule has 0 heterocycles. The molecule has 0 spiro atoms. The normalized spacial score (nSPS) is 14.7. The Kier molecular flexibility index (Phi) is 5.71. The topological polar surface area (TPSA) is 49.4 Å². The van der Waals surface area contributed by atoms with Crippen molar-refractivity contribution in [2.45, 2.75) is 44.9 Å². The summed E-state index contributed by atoms with van der Waals surface area (Å²) in [6.07, 6.45) is 6.47. The first-order valence-corrected chi connectivity index (χ1v) is 9.30. The maximum atomic E-state index is 12.5. The van der Waals surface area contributed by atoms with Crippen molar-refractivity contribution < 1.29 is 9.59 Å². The van der Waals surface area contributed by atoms with Crippen molar-refractivity contribution in [1.29, 1.82) is 0 Å². The summed E-state index contributed by atoms with van der Waals surface area (Å²) in [4.78, 5) is 25.4. The van der Waals surface area contributed by atoms with Crippen molar-refractivity contribution in [2.24, 2.45) is 0 Å². The van der Waals surface area contributed by atoms with Gasteiger partial charge in [0.25, 0.3) is 5.91 Å². The molecule has 1 saturated carbocycles. The summed E-state index contributed by atoms with van der Waals surface area (Å²) in [5.41, 5.74) is 3.52. The van der Waals surface area contributed by atoms with Crippen LogP contribution < -0.4 is 10.2 Å². The van der Waals surface area contributed by atoms with Gasteiger partial charge in [-0.25, -0.2) is 0 Å². The van der Waals surface area contributed by atoms with E-state index in [0.717, 1.165) is 5.69 Å². The third-order valence-electron chi connectivity index (χ3n) is 5.23. The summed E-state index contributed by atoms with van der Waals surface area (Å²) in [6, 6.07) is 15.3. The Labute approximate surface area is 155 Å². The highest BCUT2D eigenvalue weighted by Gasteiger charge is 2.16. The van der Waals surface area contributed by atoms with Gasteiger partial charge in [0.05, 0.1) is 0 Å². The van der Waals surface area contributed by atoms with Gasteiger partial charge in [-0.2, -0.15) is 0 Å². The molecule has 0 bridgehead atoms. The second-order valence-corrected chi connectivity index (χ2v) is 7.04. The van der Waals surface area contributed by atoms with Crippen LogP contribution in [-0.4, -0.2) is 18.9 Å². The van der Waals surface area contributed by atoms with Crippen molar-refractivity contribution in [3.63, 3.8) is 0 Å². The molecule has 2 amide bonds. The monoisotopic (exact) mass is 350 g/mol. The van der Waals surface area contributed by atoms with Crippen LogP contribution in [0.2, 0.25) is 0 Å². The number of rotatable bonds is 4. The van der Waals surface area contributed by atoms with Crippen LogP contribution in [0.1, 0.15) is 60.9 Å². The van der Waals surface area contributed by atoms with Gasteiger partial charge in [0.2, 0.25) is 5.91 Å². The molecule has 4 heteroatoms. The number of anilines is 2. The van der Waals surface area contributed by atoms with Gasteiger partial charge in [0, 0.05) is 30.9 Å². The molecule has 2 aromatic carbocycles. The number of carbonyl (C=O) groups excluding carboxylic acids is 2. The molecule has 0 radical (unpaired) electrons. The van der Waals surface area contributed by atoms with E-state index in [1.165, 1.54) is 44.6 Å². The molecule has 0 aromatic heterocycles. The molecule has 136 valence electrons. The predicted octanol–water partition coefficient (Wildman–Crippen LogP) is 4.97. The average molecular weight is 350 g/mol. The second-order valence-electron chi connectivity index (χ2n) is 7.04. The summed E-state index contributed by atoms with van der Waals surface area (Å²) in [6.45, 7) is 1.52. The highest BCUT2D eigenvalue weighted by molar-refractivity contribution is 6.04. The third kappa shape index (κ3) is 4.31. The predicted molar refractivity (Wildman–Crippen MR) is 106 cm³/mol. The third-order valence-corrected chi connectivity index (χ3v) is 5.23. The Morgan fingerprint density at radius 3 is 2.12 bits per heavy atom. The molecule has 1 aliphatic carbocycles. The molecule has 0 atom stereocenters. The van der Waals surface area contributed by atoms with E-state index in [2.05, 4.69) is 17.4 Å². The van der Waals surface area contributed by atoms with Crippen molar-refractivity contribution in [2.75, 3.05) is 17.3 Å². The van der Waals surface area contributed by atoms with Crippen LogP contribution in [0.4, 0.5) is 11.4 Å². The lowest BCUT2D eigenvalue weighted by molar-refractivity contribution is -0.116. The van der Waals surface area contributed by atoms with Crippen LogP contribution >= 0.6 is 0 Å². The number of benzene rings is 2. The van der Waals surface area contributed by atoms with Crippen LogP contribution in [0.15, 0.2) is 48.5 Å². The SMILES string of the molecule is CC(=O)N(C)c1ccc(NC(=O)c2ccc(C3CCCCC3)cc2)cc1. The van der Waals surface area contributed by atoms with Crippen LogP contribution in [0.25, 0.3) is 0 Å². The fourth-order valence-corrected chi connectivity index (χ4v) is 3.50. The minimum atomic E-state index is -0.118. The largest absolute Gasteiger partial charge is 0.322 e. The van der Waals surface area contributed by atoms with E-state index in [9.17, 15) is 9.59 Å². The maximum Gasteiger partial charge on any atom is 0.255 e. The van der Waals surface area contributed by atoms with Gasteiger partial charge in [0.1, 0.15) is 0 Å². The number of hydrogen-bond donors (Lipinski definition) is 1. The van der Waals surface area contributed by atoms with Gasteiger partial charge in [0.15, 0.2) is 0 Å². The zero-order valence-electron chi connectivity index (χ0n) is 15.5. The average Bonchev–Trinajstić information content (AvgIpc) is 2.68. The first-order valence-electron chi connectivity index (χ1n) is 9.30. The Balaban J connectivity index is 1.63.